The minimum Gasteiger partial charge on any atom is -0.396 e. The Balaban J connectivity index is 2.35. The van der Waals surface area contributed by atoms with E-state index in [4.69, 9.17) is 23.2 Å². The average Bonchev–Trinajstić information content (AvgIpc) is 2.72. The molecule has 1 aliphatic rings. The van der Waals surface area contributed by atoms with E-state index in [2.05, 4.69) is 6.07 Å². The molecule has 1 saturated carbocycles. The van der Waals surface area contributed by atoms with Crippen LogP contribution in [0.5, 0.6) is 0 Å². The molecule has 0 unspecified atom stereocenters. The molecule has 0 radical (unpaired) electrons. The molecule has 1 aliphatic carbocycles. The van der Waals surface area contributed by atoms with E-state index in [0.29, 0.717) is 10.0 Å². The Hall–Kier alpha value is -0.240. The van der Waals surface area contributed by atoms with Crippen LogP contribution in [0.25, 0.3) is 0 Å². The molecular formula is C13H16Cl2O. The maximum atomic E-state index is 9.22. The normalized spacial score (nSPS) is 18.9. The summed E-state index contributed by atoms with van der Waals surface area (Å²) in [6.45, 7) is 0.236. The van der Waals surface area contributed by atoms with Gasteiger partial charge >= 0.3 is 0 Å². The van der Waals surface area contributed by atoms with Crippen molar-refractivity contribution in [1.82, 2.24) is 0 Å². The molecule has 0 spiro atoms. The van der Waals surface area contributed by atoms with Crippen LogP contribution >= 0.6 is 23.2 Å². The molecule has 0 heterocycles. The molecule has 1 nitrogen and oxygen atoms in total. The Bertz CT molecular complexity index is 370. The molecule has 0 atom stereocenters. The topological polar surface area (TPSA) is 20.2 Å². The number of aliphatic hydroxyl groups is 1. The Morgan fingerprint density at radius 1 is 1.12 bits per heavy atom. The monoisotopic (exact) mass is 258 g/mol. The van der Waals surface area contributed by atoms with Crippen LogP contribution in [0.1, 0.15) is 37.7 Å². The average molecular weight is 259 g/mol. The SMILES string of the molecule is OCCC1(c2ccc(Cl)c(Cl)c2)CCCC1. The molecule has 1 aromatic carbocycles. The summed E-state index contributed by atoms with van der Waals surface area (Å²) >= 11 is 12.0. The summed E-state index contributed by atoms with van der Waals surface area (Å²) in [5.41, 5.74) is 1.36. The number of aliphatic hydroxyl groups excluding tert-OH is 1. The van der Waals surface area contributed by atoms with Gasteiger partial charge in [-0.05, 0) is 42.4 Å². The molecule has 0 aliphatic heterocycles. The predicted molar refractivity (Wildman–Crippen MR) is 68.3 cm³/mol. The van der Waals surface area contributed by atoms with Crippen molar-refractivity contribution < 1.29 is 5.11 Å². The lowest BCUT2D eigenvalue weighted by Gasteiger charge is -2.29. The zero-order valence-electron chi connectivity index (χ0n) is 9.18. The highest BCUT2D eigenvalue weighted by atomic mass is 35.5. The zero-order valence-corrected chi connectivity index (χ0v) is 10.7. The van der Waals surface area contributed by atoms with Gasteiger partial charge < -0.3 is 5.11 Å². The summed E-state index contributed by atoms with van der Waals surface area (Å²) < 4.78 is 0. The molecule has 88 valence electrons. The predicted octanol–water partition coefficient (Wildman–Crippen LogP) is 4.19. The molecule has 16 heavy (non-hydrogen) atoms. The quantitative estimate of drug-likeness (QED) is 0.863. The summed E-state index contributed by atoms with van der Waals surface area (Å²) in [4.78, 5) is 0. The van der Waals surface area contributed by atoms with Crippen LogP contribution in [0.15, 0.2) is 18.2 Å². The molecular weight excluding hydrogens is 243 g/mol. The van der Waals surface area contributed by atoms with Crippen LogP contribution in [-0.2, 0) is 5.41 Å². The number of benzene rings is 1. The standard InChI is InChI=1S/C13H16Cl2O/c14-11-4-3-10(9-12(11)15)13(7-8-16)5-1-2-6-13/h3-4,9,16H,1-2,5-8H2. The van der Waals surface area contributed by atoms with Crippen LogP contribution in [-0.4, -0.2) is 11.7 Å². The minimum absolute atomic E-state index is 0.128. The molecule has 0 bridgehead atoms. The van der Waals surface area contributed by atoms with Crippen LogP contribution in [0, 0.1) is 0 Å². The van der Waals surface area contributed by atoms with E-state index in [-0.39, 0.29) is 12.0 Å². The van der Waals surface area contributed by atoms with E-state index in [1.807, 2.05) is 12.1 Å². The van der Waals surface area contributed by atoms with Gasteiger partial charge in [-0.1, -0.05) is 42.1 Å². The zero-order chi connectivity index (χ0) is 11.6. The molecule has 0 amide bonds. The lowest BCUT2D eigenvalue weighted by Crippen LogP contribution is -2.23. The first-order valence-corrected chi connectivity index (χ1v) is 6.50. The van der Waals surface area contributed by atoms with E-state index in [0.717, 1.165) is 19.3 Å². The van der Waals surface area contributed by atoms with E-state index < -0.39 is 0 Å². The Kier molecular flexibility index (Phi) is 3.78. The van der Waals surface area contributed by atoms with E-state index in [1.165, 1.54) is 18.4 Å². The Morgan fingerprint density at radius 3 is 2.38 bits per heavy atom. The number of halogens is 2. The van der Waals surface area contributed by atoms with Gasteiger partial charge in [0.05, 0.1) is 10.0 Å². The molecule has 3 heteroatoms. The molecule has 0 aromatic heterocycles. The summed E-state index contributed by atoms with van der Waals surface area (Å²) in [6, 6.07) is 5.87. The molecule has 1 fully saturated rings. The highest BCUT2D eigenvalue weighted by Gasteiger charge is 2.35. The van der Waals surface area contributed by atoms with Gasteiger partial charge in [-0.2, -0.15) is 0 Å². The van der Waals surface area contributed by atoms with Gasteiger partial charge in [-0.3, -0.25) is 0 Å². The lowest BCUT2D eigenvalue weighted by atomic mass is 9.76. The van der Waals surface area contributed by atoms with E-state index >= 15 is 0 Å². The third-order valence-corrected chi connectivity index (χ3v) is 4.42. The van der Waals surface area contributed by atoms with Crippen LogP contribution in [0.3, 0.4) is 0 Å². The second kappa shape index (κ2) is 4.95. The van der Waals surface area contributed by atoms with Crippen molar-refractivity contribution in [3.63, 3.8) is 0 Å². The van der Waals surface area contributed by atoms with Crippen molar-refractivity contribution in [2.24, 2.45) is 0 Å². The van der Waals surface area contributed by atoms with Gasteiger partial charge in [-0.25, -0.2) is 0 Å². The van der Waals surface area contributed by atoms with Gasteiger partial charge in [0, 0.05) is 6.61 Å². The number of hydrogen-bond donors (Lipinski definition) is 1. The third kappa shape index (κ3) is 2.22. The first-order chi connectivity index (χ1) is 7.68. The van der Waals surface area contributed by atoms with Crippen LogP contribution in [0.2, 0.25) is 10.0 Å². The van der Waals surface area contributed by atoms with Crippen molar-refractivity contribution in [2.45, 2.75) is 37.5 Å². The first-order valence-electron chi connectivity index (χ1n) is 5.74. The van der Waals surface area contributed by atoms with Crippen molar-refractivity contribution in [2.75, 3.05) is 6.61 Å². The maximum absolute atomic E-state index is 9.22. The smallest absolute Gasteiger partial charge is 0.0595 e. The fourth-order valence-corrected chi connectivity index (χ4v) is 3.07. The molecule has 2 rings (SSSR count). The largest absolute Gasteiger partial charge is 0.396 e. The van der Waals surface area contributed by atoms with Crippen molar-refractivity contribution in [1.29, 1.82) is 0 Å². The van der Waals surface area contributed by atoms with Crippen molar-refractivity contribution in [3.05, 3.63) is 33.8 Å². The molecule has 0 saturated heterocycles. The van der Waals surface area contributed by atoms with Gasteiger partial charge in [-0.15, -0.1) is 0 Å². The Labute approximate surface area is 106 Å². The minimum atomic E-state index is 0.128. The molecule has 1 aromatic rings. The van der Waals surface area contributed by atoms with E-state index in [1.54, 1.807) is 0 Å². The Morgan fingerprint density at radius 2 is 1.81 bits per heavy atom. The fraction of sp³-hybridized carbons (Fsp3) is 0.538. The van der Waals surface area contributed by atoms with Crippen LogP contribution in [0.4, 0.5) is 0 Å². The number of rotatable bonds is 3. The van der Waals surface area contributed by atoms with Gasteiger partial charge in [0.25, 0.3) is 0 Å². The summed E-state index contributed by atoms with van der Waals surface area (Å²) in [5, 5.41) is 10.4. The van der Waals surface area contributed by atoms with Gasteiger partial charge in [0.15, 0.2) is 0 Å². The van der Waals surface area contributed by atoms with Gasteiger partial charge in [0.2, 0.25) is 0 Å². The second-order valence-corrected chi connectivity index (χ2v) is 5.40. The summed E-state index contributed by atoms with van der Waals surface area (Å²) in [6.07, 6.45) is 5.59. The summed E-state index contributed by atoms with van der Waals surface area (Å²) in [7, 11) is 0. The van der Waals surface area contributed by atoms with E-state index in [9.17, 15) is 5.11 Å². The van der Waals surface area contributed by atoms with Crippen molar-refractivity contribution >= 4 is 23.2 Å². The highest BCUT2D eigenvalue weighted by Crippen LogP contribution is 2.44. The third-order valence-electron chi connectivity index (χ3n) is 3.68. The fourth-order valence-electron chi connectivity index (χ4n) is 2.77. The lowest BCUT2D eigenvalue weighted by molar-refractivity contribution is 0.237. The second-order valence-electron chi connectivity index (χ2n) is 4.59. The number of hydrogen-bond acceptors (Lipinski definition) is 1. The first kappa shape index (κ1) is 12.2. The van der Waals surface area contributed by atoms with Crippen LogP contribution < -0.4 is 0 Å². The summed E-state index contributed by atoms with van der Waals surface area (Å²) in [5.74, 6) is 0. The highest BCUT2D eigenvalue weighted by molar-refractivity contribution is 6.42. The van der Waals surface area contributed by atoms with Crippen molar-refractivity contribution in [3.8, 4) is 0 Å². The molecule has 1 N–H and O–H groups in total. The van der Waals surface area contributed by atoms with Gasteiger partial charge in [0.1, 0.15) is 0 Å². The maximum Gasteiger partial charge on any atom is 0.0595 e.